The minimum absolute atomic E-state index is 0.0410. The lowest BCUT2D eigenvalue weighted by Crippen LogP contribution is -2.25. The van der Waals surface area contributed by atoms with Gasteiger partial charge in [-0.2, -0.15) is 0 Å². The molecule has 0 aromatic carbocycles. The highest BCUT2D eigenvalue weighted by atomic mass is 35.5. The Bertz CT molecular complexity index is 519. The van der Waals surface area contributed by atoms with Crippen molar-refractivity contribution in [3.05, 3.63) is 15.3 Å². The highest BCUT2D eigenvalue weighted by Crippen LogP contribution is 2.27. The van der Waals surface area contributed by atoms with E-state index in [4.69, 9.17) is 21.8 Å². The van der Waals surface area contributed by atoms with E-state index in [-0.39, 0.29) is 29.9 Å². The Morgan fingerprint density at radius 2 is 1.59 bits per heavy atom. The number of aliphatic hydroxyl groups excluding tert-OH is 4. The molecule has 1 heterocycles. The zero-order valence-corrected chi connectivity index (χ0v) is 12.1. The van der Waals surface area contributed by atoms with E-state index in [2.05, 4.69) is 20.6 Å². The van der Waals surface area contributed by atoms with Crippen molar-refractivity contribution >= 4 is 29.1 Å². The first-order chi connectivity index (χ1) is 10.4. The summed E-state index contributed by atoms with van der Waals surface area (Å²) in [5, 5.41) is 51.6. The van der Waals surface area contributed by atoms with Crippen molar-refractivity contribution in [2.45, 2.75) is 12.2 Å². The Morgan fingerprint density at radius 1 is 1.09 bits per heavy atom. The maximum atomic E-state index is 10.9. The second kappa shape index (κ2) is 8.60. The fourth-order valence-electron chi connectivity index (χ4n) is 1.32. The zero-order chi connectivity index (χ0) is 16.7. The molecular formula is C10H16ClN5O6. The summed E-state index contributed by atoms with van der Waals surface area (Å²) in [5.74, 6) is -0.952. The molecule has 0 aliphatic carbocycles. The standard InChI is InChI=1S/C10H16ClN5O6/c11-7-8(12-1-5(19)3-17)15-9(10(14-7)16(21)22)13-2-6(20)4-18/h5-6,17-20H,1-4H2,(H2,12,13,15). The number of nitrogens with zero attached hydrogens (tertiary/aromatic N) is 3. The predicted octanol–water partition coefficient (Wildman–Crippen LogP) is -1.43. The smallest absolute Gasteiger partial charge is 0.394 e. The first kappa shape index (κ1) is 18.3. The van der Waals surface area contributed by atoms with Gasteiger partial charge in [-0.05, 0) is 21.5 Å². The van der Waals surface area contributed by atoms with Crippen LogP contribution in [0.25, 0.3) is 0 Å². The molecule has 0 aliphatic rings. The van der Waals surface area contributed by atoms with Crippen LogP contribution in [0.1, 0.15) is 0 Å². The van der Waals surface area contributed by atoms with Crippen LogP contribution in [0.5, 0.6) is 0 Å². The summed E-state index contributed by atoms with van der Waals surface area (Å²) in [5.41, 5.74) is 0. The van der Waals surface area contributed by atoms with Gasteiger partial charge >= 0.3 is 5.82 Å². The molecule has 0 aliphatic heterocycles. The van der Waals surface area contributed by atoms with Gasteiger partial charge in [0.1, 0.15) is 0 Å². The van der Waals surface area contributed by atoms with Crippen LogP contribution >= 0.6 is 11.6 Å². The molecule has 1 aromatic heterocycles. The monoisotopic (exact) mass is 337 g/mol. The molecule has 0 fully saturated rings. The van der Waals surface area contributed by atoms with Crippen LogP contribution in [-0.2, 0) is 0 Å². The molecule has 6 N–H and O–H groups in total. The summed E-state index contributed by atoms with van der Waals surface area (Å²) in [4.78, 5) is 17.5. The van der Waals surface area contributed by atoms with Gasteiger partial charge in [0, 0.05) is 13.1 Å². The minimum Gasteiger partial charge on any atom is -0.394 e. The van der Waals surface area contributed by atoms with Crippen LogP contribution in [0.2, 0.25) is 5.15 Å². The molecule has 0 amide bonds. The molecule has 1 rings (SSSR count). The second-order valence-electron chi connectivity index (χ2n) is 4.23. The largest absolute Gasteiger partial charge is 0.408 e. The van der Waals surface area contributed by atoms with Crippen molar-refractivity contribution in [1.29, 1.82) is 0 Å². The minimum atomic E-state index is -1.13. The fourth-order valence-corrected chi connectivity index (χ4v) is 1.51. The molecule has 0 radical (unpaired) electrons. The van der Waals surface area contributed by atoms with Crippen LogP contribution in [-0.4, -0.2) is 73.8 Å². The number of halogens is 1. The zero-order valence-electron chi connectivity index (χ0n) is 11.3. The quantitative estimate of drug-likeness (QED) is 0.231. The Labute approximate surface area is 129 Å². The molecular weight excluding hydrogens is 322 g/mol. The molecule has 0 saturated carbocycles. The van der Waals surface area contributed by atoms with Gasteiger partial charge in [-0.15, -0.1) is 0 Å². The Kier molecular flexibility index (Phi) is 7.14. The van der Waals surface area contributed by atoms with Crippen molar-refractivity contribution in [3.8, 4) is 0 Å². The van der Waals surface area contributed by atoms with E-state index < -0.39 is 36.2 Å². The number of nitro groups is 1. The molecule has 124 valence electrons. The lowest BCUT2D eigenvalue weighted by molar-refractivity contribution is -0.388. The van der Waals surface area contributed by atoms with E-state index in [1.165, 1.54) is 0 Å². The van der Waals surface area contributed by atoms with Crippen molar-refractivity contribution in [1.82, 2.24) is 9.97 Å². The SMILES string of the molecule is O=[N+]([O-])c1nc(Cl)c(NCC(O)CO)nc1NCC(O)CO. The average Bonchev–Trinajstić information content (AvgIpc) is 2.50. The van der Waals surface area contributed by atoms with E-state index in [9.17, 15) is 20.3 Å². The van der Waals surface area contributed by atoms with Crippen molar-refractivity contribution < 1.29 is 25.3 Å². The molecule has 2 atom stereocenters. The summed E-state index contributed by atoms with van der Waals surface area (Å²) in [6, 6.07) is 0. The van der Waals surface area contributed by atoms with Crippen LogP contribution in [0, 0.1) is 10.1 Å². The highest BCUT2D eigenvalue weighted by Gasteiger charge is 2.23. The first-order valence-electron chi connectivity index (χ1n) is 6.16. The number of anilines is 2. The highest BCUT2D eigenvalue weighted by molar-refractivity contribution is 6.31. The van der Waals surface area contributed by atoms with Gasteiger partial charge in [-0.3, -0.25) is 0 Å². The number of hydrogen-bond acceptors (Lipinski definition) is 10. The number of hydrogen-bond donors (Lipinski definition) is 6. The van der Waals surface area contributed by atoms with E-state index in [1.807, 2.05) is 0 Å². The van der Waals surface area contributed by atoms with E-state index in [1.54, 1.807) is 0 Å². The topological polar surface area (TPSA) is 174 Å². The predicted molar refractivity (Wildman–Crippen MR) is 76.9 cm³/mol. The van der Waals surface area contributed by atoms with Crippen LogP contribution in [0.4, 0.5) is 17.5 Å². The maximum Gasteiger partial charge on any atom is 0.408 e. The van der Waals surface area contributed by atoms with E-state index in [0.717, 1.165) is 0 Å². The molecule has 0 bridgehead atoms. The van der Waals surface area contributed by atoms with Gasteiger partial charge in [-0.25, -0.2) is 4.98 Å². The van der Waals surface area contributed by atoms with E-state index >= 15 is 0 Å². The van der Waals surface area contributed by atoms with Gasteiger partial charge in [0.05, 0.1) is 25.4 Å². The number of aliphatic hydroxyl groups is 4. The molecule has 0 spiro atoms. The van der Waals surface area contributed by atoms with Crippen molar-refractivity contribution in [2.24, 2.45) is 0 Å². The third-order valence-electron chi connectivity index (χ3n) is 2.44. The van der Waals surface area contributed by atoms with Gasteiger partial charge < -0.3 is 41.2 Å². The normalized spacial score (nSPS) is 13.5. The van der Waals surface area contributed by atoms with Crippen LogP contribution in [0.3, 0.4) is 0 Å². The molecule has 2 unspecified atom stereocenters. The molecule has 11 nitrogen and oxygen atoms in total. The summed E-state index contributed by atoms with van der Waals surface area (Å²) in [7, 11) is 0. The van der Waals surface area contributed by atoms with Crippen molar-refractivity contribution in [3.63, 3.8) is 0 Å². The first-order valence-corrected chi connectivity index (χ1v) is 6.54. The number of rotatable bonds is 9. The number of nitrogens with one attached hydrogen (secondary N) is 2. The average molecular weight is 338 g/mol. The van der Waals surface area contributed by atoms with Gasteiger partial charge in [0.25, 0.3) is 5.15 Å². The van der Waals surface area contributed by atoms with Crippen LogP contribution < -0.4 is 10.6 Å². The lowest BCUT2D eigenvalue weighted by Gasteiger charge is -2.12. The third-order valence-corrected chi connectivity index (χ3v) is 2.70. The Morgan fingerprint density at radius 3 is 2.05 bits per heavy atom. The summed E-state index contributed by atoms with van der Waals surface area (Å²) in [6.45, 7) is -1.30. The maximum absolute atomic E-state index is 10.9. The fraction of sp³-hybridized carbons (Fsp3) is 0.600. The van der Waals surface area contributed by atoms with Crippen LogP contribution in [0.15, 0.2) is 0 Å². The van der Waals surface area contributed by atoms with Gasteiger partial charge in [0.2, 0.25) is 5.82 Å². The molecule has 0 saturated heterocycles. The summed E-state index contributed by atoms with van der Waals surface area (Å²) in [6.07, 6.45) is -2.20. The molecule has 22 heavy (non-hydrogen) atoms. The molecule has 12 heteroatoms. The third kappa shape index (κ3) is 5.20. The number of aromatic nitrogens is 2. The Balaban J connectivity index is 2.97. The molecule has 1 aromatic rings. The summed E-state index contributed by atoms with van der Waals surface area (Å²) < 4.78 is 0. The summed E-state index contributed by atoms with van der Waals surface area (Å²) >= 11 is 5.76. The lowest BCUT2D eigenvalue weighted by atomic mass is 10.3. The van der Waals surface area contributed by atoms with Gasteiger partial charge in [-0.1, -0.05) is 0 Å². The van der Waals surface area contributed by atoms with Gasteiger partial charge in [0.15, 0.2) is 5.82 Å². The van der Waals surface area contributed by atoms with Crippen molar-refractivity contribution in [2.75, 3.05) is 36.9 Å². The second-order valence-corrected chi connectivity index (χ2v) is 4.58. The Hall–Kier alpha value is -1.79. The van der Waals surface area contributed by atoms with E-state index in [0.29, 0.717) is 0 Å².